The Balaban J connectivity index is 1.89. The molecule has 16 heavy (non-hydrogen) atoms. The molecule has 2 bridgehead atoms. The SMILES string of the molecule is C=CC(=O)OC12CC(=O)OC3CC(C1)OC32. The first kappa shape index (κ1) is 9.84. The average Bonchev–Trinajstić information content (AvgIpc) is 2.73. The number of carbonyl (C=O) groups is 2. The number of fused-ring (bicyclic) bond motifs is 1. The number of esters is 2. The topological polar surface area (TPSA) is 61.8 Å². The quantitative estimate of drug-likeness (QED) is 0.499. The minimum Gasteiger partial charge on any atom is -0.459 e. The molecule has 0 aromatic carbocycles. The highest BCUT2D eigenvalue weighted by molar-refractivity contribution is 5.82. The summed E-state index contributed by atoms with van der Waals surface area (Å²) in [5.41, 5.74) is -0.811. The standard InChI is InChI=1S/C11H12O5/c1-2-8(12)16-11-4-6-3-7(10(11)14-6)15-9(13)5-11/h2,6-7,10H,1,3-5H2. The van der Waals surface area contributed by atoms with Gasteiger partial charge in [0.25, 0.3) is 0 Å². The average molecular weight is 224 g/mol. The predicted octanol–water partition coefficient (Wildman–Crippen LogP) is 0.331. The molecule has 86 valence electrons. The van der Waals surface area contributed by atoms with Crippen LogP contribution in [0.1, 0.15) is 19.3 Å². The summed E-state index contributed by atoms with van der Waals surface area (Å²) in [5, 5.41) is 0. The number of ether oxygens (including phenoxy) is 3. The molecule has 0 aromatic rings. The first-order valence-corrected chi connectivity index (χ1v) is 5.33. The molecule has 0 radical (unpaired) electrons. The van der Waals surface area contributed by atoms with Gasteiger partial charge in [0.05, 0.1) is 12.5 Å². The zero-order valence-electron chi connectivity index (χ0n) is 8.68. The lowest BCUT2D eigenvalue weighted by Gasteiger charge is -2.41. The van der Waals surface area contributed by atoms with Crippen molar-refractivity contribution in [2.45, 2.75) is 43.2 Å². The molecule has 0 saturated carbocycles. The van der Waals surface area contributed by atoms with Crippen LogP contribution in [0.5, 0.6) is 0 Å². The predicted molar refractivity (Wildman–Crippen MR) is 51.4 cm³/mol. The third kappa shape index (κ3) is 1.21. The summed E-state index contributed by atoms with van der Waals surface area (Å²) >= 11 is 0. The summed E-state index contributed by atoms with van der Waals surface area (Å²) in [4.78, 5) is 22.7. The van der Waals surface area contributed by atoms with Gasteiger partial charge >= 0.3 is 11.9 Å². The highest BCUT2D eigenvalue weighted by Gasteiger charge is 2.64. The van der Waals surface area contributed by atoms with Crippen molar-refractivity contribution in [3.05, 3.63) is 12.7 Å². The van der Waals surface area contributed by atoms with Crippen LogP contribution in [0.4, 0.5) is 0 Å². The molecule has 0 N–H and O–H groups in total. The fourth-order valence-corrected chi connectivity index (χ4v) is 2.94. The molecule has 3 aliphatic rings. The molecule has 0 aromatic heterocycles. The van der Waals surface area contributed by atoms with Crippen LogP contribution >= 0.6 is 0 Å². The van der Waals surface area contributed by atoms with E-state index in [1.807, 2.05) is 0 Å². The lowest BCUT2D eigenvalue weighted by atomic mass is 9.78. The van der Waals surface area contributed by atoms with Crippen LogP contribution in [-0.4, -0.2) is 35.9 Å². The van der Waals surface area contributed by atoms with E-state index in [9.17, 15) is 9.59 Å². The molecular formula is C11H12O5. The summed E-state index contributed by atoms with van der Waals surface area (Å²) in [6.07, 6.45) is 1.99. The molecule has 4 unspecified atom stereocenters. The van der Waals surface area contributed by atoms with Gasteiger partial charge in [0.1, 0.15) is 12.2 Å². The second kappa shape index (κ2) is 3.07. The highest BCUT2D eigenvalue weighted by Crippen LogP contribution is 2.50. The smallest absolute Gasteiger partial charge is 0.330 e. The number of carbonyl (C=O) groups excluding carboxylic acids is 2. The Bertz CT molecular complexity index is 377. The zero-order chi connectivity index (χ0) is 11.3. The summed E-state index contributed by atoms with van der Waals surface area (Å²) in [6, 6.07) is 0. The van der Waals surface area contributed by atoms with Gasteiger partial charge in [0, 0.05) is 18.9 Å². The Morgan fingerprint density at radius 1 is 1.62 bits per heavy atom. The van der Waals surface area contributed by atoms with Gasteiger partial charge in [-0.3, -0.25) is 4.79 Å². The lowest BCUT2D eigenvalue weighted by molar-refractivity contribution is -0.195. The van der Waals surface area contributed by atoms with Crippen LogP contribution < -0.4 is 0 Å². The molecule has 3 saturated heterocycles. The zero-order valence-corrected chi connectivity index (χ0v) is 8.68. The molecule has 0 spiro atoms. The van der Waals surface area contributed by atoms with Crippen molar-refractivity contribution in [1.82, 2.24) is 0 Å². The van der Waals surface area contributed by atoms with E-state index < -0.39 is 11.6 Å². The van der Waals surface area contributed by atoms with Crippen molar-refractivity contribution in [3.63, 3.8) is 0 Å². The van der Waals surface area contributed by atoms with Crippen LogP contribution in [0.25, 0.3) is 0 Å². The largest absolute Gasteiger partial charge is 0.459 e. The summed E-state index contributed by atoms with van der Waals surface area (Å²) in [6.45, 7) is 3.35. The van der Waals surface area contributed by atoms with Crippen molar-refractivity contribution < 1.29 is 23.8 Å². The van der Waals surface area contributed by atoms with Gasteiger partial charge in [-0.1, -0.05) is 6.58 Å². The Kier molecular flexibility index (Phi) is 1.89. The Morgan fingerprint density at radius 2 is 2.44 bits per heavy atom. The summed E-state index contributed by atoms with van der Waals surface area (Å²) in [5.74, 6) is -0.827. The van der Waals surface area contributed by atoms with E-state index in [0.29, 0.717) is 12.8 Å². The molecule has 4 atom stereocenters. The molecule has 3 aliphatic heterocycles. The maximum atomic E-state index is 11.4. The monoisotopic (exact) mass is 224 g/mol. The van der Waals surface area contributed by atoms with Gasteiger partial charge in [0.15, 0.2) is 5.60 Å². The van der Waals surface area contributed by atoms with E-state index >= 15 is 0 Å². The molecule has 3 rings (SSSR count). The minimum atomic E-state index is -0.811. The van der Waals surface area contributed by atoms with Crippen molar-refractivity contribution >= 4 is 11.9 Å². The van der Waals surface area contributed by atoms with Crippen LogP contribution in [0.3, 0.4) is 0 Å². The van der Waals surface area contributed by atoms with Crippen LogP contribution in [0.15, 0.2) is 12.7 Å². The van der Waals surface area contributed by atoms with Gasteiger partial charge in [-0.2, -0.15) is 0 Å². The van der Waals surface area contributed by atoms with E-state index in [2.05, 4.69) is 6.58 Å². The maximum Gasteiger partial charge on any atom is 0.330 e. The number of hydrogen-bond donors (Lipinski definition) is 0. The van der Waals surface area contributed by atoms with Gasteiger partial charge in [-0.25, -0.2) is 4.79 Å². The first-order valence-electron chi connectivity index (χ1n) is 5.33. The molecule has 3 fully saturated rings. The molecular weight excluding hydrogens is 212 g/mol. The summed E-state index contributed by atoms with van der Waals surface area (Å²) in [7, 11) is 0. The van der Waals surface area contributed by atoms with Crippen LogP contribution in [-0.2, 0) is 23.8 Å². The van der Waals surface area contributed by atoms with Gasteiger partial charge in [-0.05, 0) is 0 Å². The second-order valence-electron chi connectivity index (χ2n) is 4.51. The van der Waals surface area contributed by atoms with E-state index in [1.165, 1.54) is 0 Å². The second-order valence-corrected chi connectivity index (χ2v) is 4.51. The highest BCUT2D eigenvalue weighted by atomic mass is 16.6. The minimum absolute atomic E-state index is 0.0423. The van der Waals surface area contributed by atoms with Crippen LogP contribution in [0.2, 0.25) is 0 Å². The van der Waals surface area contributed by atoms with Crippen molar-refractivity contribution in [2.75, 3.05) is 0 Å². The fraction of sp³-hybridized carbons (Fsp3) is 0.636. The van der Waals surface area contributed by atoms with Gasteiger partial charge in [0.2, 0.25) is 0 Å². The Morgan fingerprint density at radius 3 is 3.12 bits per heavy atom. The lowest BCUT2D eigenvalue weighted by Crippen LogP contribution is -2.56. The number of rotatable bonds is 2. The van der Waals surface area contributed by atoms with Crippen molar-refractivity contribution in [3.8, 4) is 0 Å². The number of hydrogen-bond acceptors (Lipinski definition) is 5. The van der Waals surface area contributed by atoms with E-state index in [1.54, 1.807) is 0 Å². The third-order valence-corrected chi connectivity index (χ3v) is 3.46. The summed E-state index contributed by atoms with van der Waals surface area (Å²) < 4.78 is 16.2. The van der Waals surface area contributed by atoms with Crippen molar-refractivity contribution in [1.29, 1.82) is 0 Å². The maximum absolute atomic E-state index is 11.4. The molecule has 0 amide bonds. The van der Waals surface area contributed by atoms with Gasteiger partial charge in [-0.15, -0.1) is 0 Å². The fourth-order valence-electron chi connectivity index (χ4n) is 2.94. The first-order chi connectivity index (χ1) is 7.63. The Hall–Kier alpha value is -1.36. The molecule has 5 heteroatoms. The van der Waals surface area contributed by atoms with Crippen molar-refractivity contribution in [2.24, 2.45) is 0 Å². The van der Waals surface area contributed by atoms with E-state index in [0.717, 1.165) is 6.08 Å². The molecule has 5 nitrogen and oxygen atoms in total. The normalized spacial score (nSPS) is 44.0. The third-order valence-electron chi connectivity index (χ3n) is 3.46. The van der Waals surface area contributed by atoms with E-state index in [-0.39, 0.29) is 30.7 Å². The van der Waals surface area contributed by atoms with Crippen LogP contribution in [0, 0.1) is 0 Å². The van der Waals surface area contributed by atoms with Gasteiger partial charge < -0.3 is 14.2 Å². The van der Waals surface area contributed by atoms with E-state index in [4.69, 9.17) is 14.2 Å². The molecule has 0 aliphatic carbocycles. The Labute approximate surface area is 92.3 Å². The molecule has 3 heterocycles.